The molecule has 0 bridgehead atoms. The van der Waals surface area contributed by atoms with Crippen LogP contribution in [0, 0.1) is 0 Å². The average Bonchev–Trinajstić information content (AvgIpc) is 2.24. The van der Waals surface area contributed by atoms with Crippen molar-refractivity contribution in [1.29, 1.82) is 0 Å². The van der Waals surface area contributed by atoms with Crippen molar-refractivity contribution in [2.45, 2.75) is 37.2 Å². The molecule has 1 amide bonds. The van der Waals surface area contributed by atoms with Crippen molar-refractivity contribution < 1.29 is 9.90 Å². The monoisotopic (exact) mass is 251 g/mol. The number of anilines is 1. The van der Waals surface area contributed by atoms with Crippen LogP contribution in [0.3, 0.4) is 0 Å². The zero-order chi connectivity index (χ0) is 12.5. The first-order chi connectivity index (χ1) is 7.94. The Morgan fingerprint density at radius 1 is 1.47 bits per heavy atom. The van der Waals surface area contributed by atoms with Gasteiger partial charge in [0.1, 0.15) is 0 Å². The van der Waals surface area contributed by atoms with Gasteiger partial charge in [0.15, 0.2) is 0 Å². The first-order valence-electron chi connectivity index (χ1n) is 5.72. The highest BCUT2D eigenvalue weighted by Crippen LogP contribution is 2.32. The van der Waals surface area contributed by atoms with Gasteiger partial charge in [-0.05, 0) is 44.4 Å². The third-order valence-electron chi connectivity index (χ3n) is 2.70. The Balaban J connectivity index is 2.10. The number of nitrogens with one attached hydrogen (secondary N) is 1. The number of fused-ring (bicyclic) bond motifs is 1. The molecule has 1 aliphatic rings. The van der Waals surface area contributed by atoms with E-state index in [4.69, 9.17) is 0 Å². The molecule has 1 aliphatic heterocycles. The molecule has 0 atom stereocenters. The second-order valence-electron chi connectivity index (χ2n) is 4.98. The van der Waals surface area contributed by atoms with Gasteiger partial charge in [0.2, 0.25) is 5.91 Å². The summed E-state index contributed by atoms with van der Waals surface area (Å²) >= 11 is 1.57. The lowest BCUT2D eigenvalue weighted by Crippen LogP contribution is -2.20. The van der Waals surface area contributed by atoms with Gasteiger partial charge in [0, 0.05) is 4.90 Å². The highest BCUT2D eigenvalue weighted by atomic mass is 32.2. The number of carbonyl (C=O) groups is 1. The zero-order valence-corrected chi connectivity index (χ0v) is 10.9. The van der Waals surface area contributed by atoms with Crippen molar-refractivity contribution in [3.8, 4) is 0 Å². The summed E-state index contributed by atoms with van der Waals surface area (Å²) in [6.45, 7) is 3.62. The van der Waals surface area contributed by atoms with Crippen LogP contribution in [0.25, 0.3) is 0 Å². The van der Waals surface area contributed by atoms with Crippen molar-refractivity contribution in [1.82, 2.24) is 0 Å². The number of aliphatic hydroxyl groups is 1. The second-order valence-corrected chi connectivity index (χ2v) is 6.00. The summed E-state index contributed by atoms with van der Waals surface area (Å²) in [6.07, 6.45) is 1.53. The minimum atomic E-state index is -0.645. The highest BCUT2D eigenvalue weighted by molar-refractivity contribution is 8.00. The largest absolute Gasteiger partial charge is 0.390 e. The zero-order valence-electron chi connectivity index (χ0n) is 10.1. The molecule has 17 heavy (non-hydrogen) atoms. The molecule has 92 valence electrons. The van der Waals surface area contributed by atoms with E-state index in [1.54, 1.807) is 11.8 Å². The Morgan fingerprint density at radius 2 is 2.24 bits per heavy atom. The van der Waals surface area contributed by atoms with E-state index in [0.717, 1.165) is 22.6 Å². The number of hydrogen-bond donors (Lipinski definition) is 2. The van der Waals surface area contributed by atoms with E-state index in [2.05, 4.69) is 11.4 Å². The molecule has 2 rings (SSSR count). The van der Waals surface area contributed by atoms with Crippen LogP contribution in [0.2, 0.25) is 0 Å². The Labute approximate surface area is 106 Å². The van der Waals surface area contributed by atoms with Gasteiger partial charge in [-0.15, -0.1) is 11.8 Å². The molecule has 0 saturated heterocycles. The lowest BCUT2D eigenvalue weighted by molar-refractivity contribution is -0.113. The SMILES string of the molecule is CC(C)(O)CCc1ccc2c(c1)NC(=O)CS2. The molecule has 3 nitrogen and oxygen atoms in total. The van der Waals surface area contributed by atoms with E-state index in [0.29, 0.717) is 12.2 Å². The first kappa shape index (κ1) is 12.5. The van der Waals surface area contributed by atoms with Gasteiger partial charge in [0.05, 0.1) is 17.0 Å². The predicted octanol–water partition coefficient (Wildman–Crippen LogP) is 2.43. The van der Waals surface area contributed by atoms with E-state index >= 15 is 0 Å². The molecule has 0 unspecified atom stereocenters. The van der Waals surface area contributed by atoms with Gasteiger partial charge in [-0.3, -0.25) is 4.79 Å². The standard InChI is InChI=1S/C13H17NO2S/c1-13(2,16)6-5-9-3-4-11-10(7-9)14-12(15)8-17-11/h3-4,7,16H,5-6,8H2,1-2H3,(H,14,15). The maximum atomic E-state index is 11.3. The third kappa shape index (κ3) is 3.48. The molecular weight excluding hydrogens is 234 g/mol. The Kier molecular flexibility index (Phi) is 3.45. The Morgan fingerprint density at radius 3 is 2.94 bits per heavy atom. The number of carbonyl (C=O) groups excluding carboxylic acids is 1. The lowest BCUT2D eigenvalue weighted by atomic mass is 9.98. The number of rotatable bonds is 3. The summed E-state index contributed by atoms with van der Waals surface area (Å²) < 4.78 is 0. The van der Waals surface area contributed by atoms with Gasteiger partial charge in [-0.2, -0.15) is 0 Å². The van der Waals surface area contributed by atoms with Crippen LogP contribution in [-0.4, -0.2) is 22.4 Å². The fourth-order valence-electron chi connectivity index (χ4n) is 1.74. The second kappa shape index (κ2) is 4.70. The van der Waals surface area contributed by atoms with Crippen LogP contribution in [0.15, 0.2) is 23.1 Å². The van der Waals surface area contributed by atoms with Crippen molar-refractivity contribution in [2.75, 3.05) is 11.1 Å². The molecule has 0 radical (unpaired) electrons. The lowest BCUT2D eigenvalue weighted by Gasteiger charge is -2.19. The first-order valence-corrected chi connectivity index (χ1v) is 6.70. The summed E-state index contributed by atoms with van der Waals surface area (Å²) in [4.78, 5) is 12.4. The Hall–Kier alpha value is -1.000. The third-order valence-corrected chi connectivity index (χ3v) is 3.78. The number of amides is 1. The van der Waals surface area contributed by atoms with E-state index < -0.39 is 5.60 Å². The van der Waals surface area contributed by atoms with Crippen LogP contribution in [0.1, 0.15) is 25.8 Å². The van der Waals surface area contributed by atoms with Gasteiger partial charge in [0.25, 0.3) is 0 Å². The molecule has 2 N–H and O–H groups in total. The minimum absolute atomic E-state index is 0.0575. The quantitative estimate of drug-likeness (QED) is 0.867. The normalized spacial score (nSPS) is 15.4. The van der Waals surface area contributed by atoms with Crippen LogP contribution in [-0.2, 0) is 11.2 Å². The number of benzene rings is 1. The molecule has 0 fully saturated rings. The predicted molar refractivity (Wildman–Crippen MR) is 70.4 cm³/mol. The number of aryl methyl sites for hydroxylation is 1. The van der Waals surface area contributed by atoms with E-state index in [-0.39, 0.29) is 5.91 Å². The Bertz CT molecular complexity index is 438. The molecule has 0 aromatic heterocycles. The van der Waals surface area contributed by atoms with Crippen LogP contribution < -0.4 is 5.32 Å². The molecule has 1 aromatic carbocycles. The van der Waals surface area contributed by atoms with E-state index in [9.17, 15) is 9.90 Å². The van der Waals surface area contributed by atoms with Crippen molar-refractivity contribution >= 4 is 23.4 Å². The molecule has 0 aliphatic carbocycles. The molecule has 1 heterocycles. The van der Waals surface area contributed by atoms with E-state index in [1.165, 1.54) is 0 Å². The maximum absolute atomic E-state index is 11.3. The van der Waals surface area contributed by atoms with E-state index in [1.807, 2.05) is 26.0 Å². The average molecular weight is 251 g/mol. The van der Waals surface area contributed by atoms with Gasteiger partial charge >= 0.3 is 0 Å². The minimum Gasteiger partial charge on any atom is -0.390 e. The highest BCUT2D eigenvalue weighted by Gasteiger charge is 2.16. The fraction of sp³-hybridized carbons (Fsp3) is 0.462. The van der Waals surface area contributed by atoms with Gasteiger partial charge in [-0.25, -0.2) is 0 Å². The smallest absolute Gasteiger partial charge is 0.234 e. The number of thioether (sulfide) groups is 1. The fourth-order valence-corrected chi connectivity index (χ4v) is 2.52. The van der Waals surface area contributed by atoms with Crippen molar-refractivity contribution in [3.05, 3.63) is 23.8 Å². The topological polar surface area (TPSA) is 49.3 Å². The van der Waals surface area contributed by atoms with Crippen molar-refractivity contribution in [3.63, 3.8) is 0 Å². The summed E-state index contributed by atoms with van der Waals surface area (Å²) in [5.41, 5.74) is 1.40. The molecule has 0 spiro atoms. The molecule has 0 saturated carbocycles. The number of hydrogen-bond acceptors (Lipinski definition) is 3. The van der Waals surface area contributed by atoms with Gasteiger partial charge < -0.3 is 10.4 Å². The summed E-state index contributed by atoms with van der Waals surface area (Å²) in [7, 11) is 0. The van der Waals surface area contributed by atoms with Crippen LogP contribution >= 0.6 is 11.8 Å². The molecule has 1 aromatic rings. The van der Waals surface area contributed by atoms with Crippen molar-refractivity contribution in [2.24, 2.45) is 0 Å². The van der Waals surface area contributed by atoms with Crippen LogP contribution in [0.5, 0.6) is 0 Å². The molecule has 4 heteroatoms. The summed E-state index contributed by atoms with van der Waals surface area (Å²) in [6, 6.07) is 6.11. The molecular formula is C13H17NO2S. The maximum Gasteiger partial charge on any atom is 0.234 e. The summed E-state index contributed by atoms with van der Waals surface area (Å²) in [5.74, 6) is 0.554. The van der Waals surface area contributed by atoms with Gasteiger partial charge in [-0.1, -0.05) is 6.07 Å². The van der Waals surface area contributed by atoms with Crippen LogP contribution in [0.4, 0.5) is 5.69 Å². The summed E-state index contributed by atoms with van der Waals surface area (Å²) in [5, 5.41) is 12.6.